The van der Waals surface area contributed by atoms with Crippen LogP contribution in [0.1, 0.15) is 10.4 Å². The van der Waals surface area contributed by atoms with Crippen molar-refractivity contribution in [2.75, 3.05) is 39.1 Å². The highest BCUT2D eigenvalue weighted by molar-refractivity contribution is 6.07. The molecule has 0 aliphatic carbocycles. The van der Waals surface area contributed by atoms with Crippen molar-refractivity contribution in [2.45, 2.75) is 0 Å². The number of aromatic nitrogens is 1. The standard InChI is InChI=1S/C14H19N3O3/c1-20-7-5-17(4-6-18)14(19)12-9-16-13-3-2-10(15)8-11(12)13/h2-3,8-9,16,18H,4-7,15H2,1H3. The molecule has 20 heavy (non-hydrogen) atoms. The molecule has 1 amide bonds. The van der Waals surface area contributed by atoms with Crippen molar-refractivity contribution in [3.05, 3.63) is 30.0 Å². The third kappa shape index (κ3) is 2.92. The minimum Gasteiger partial charge on any atom is -0.399 e. The van der Waals surface area contributed by atoms with Gasteiger partial charge in [0.25, 0.3) is 5.91 Å². The molecule has 6 nitrogen and oxygen atoms in total. The summed E-state index contributed by atoms with van der Waals surface area (Å²) < 4.78 is 4.99. The van der Waals surface area contributed by atoms with Crippen LogP contribution >= 0.6 is 0 Å². The maximum absolute atomic E-state index is 12.5. The molecule has 1 aromatic carbocycles. The number of carbonyl (C=O) groups is 1. The zero-order valence-corrected chi connectivity index (χ0v) is 11.4. The number of aliphatic hydroxyl groups is 1. The quantitative estimate of drug-likeness (QED) is 0.682. The van der Waals surface area contributed by atoms with Gasteiger partial charge in [0.1, 0.15) is 0 Å². The summed E-state index contributed by atoms with van der Waals surface area (Å²) in [6.07, 6.45) is 1.67. The van der Waals surface area contributed by atoms with Gasteiger partial charge in [-0.05, 0) is 18.2 Å². The summed E-state index contributed by atoms with van der Waals surface area (Å²) in [4.78, 5) is 17.1. The van der Waals surface area contributed by atoms with Crippen LogP contribution in [0.4, 0.5) is 5.69 Å². The van der Waals surface area contributed by atoms with E-state index in [2.05, 4.69) is 4.98 Å². The highest BCUT2D eigenvalue weighted by Gasteiger charge is 2.18. The predicted molar refractivity (Wildman–Crippen MR) is 77.6 cm³/mol. The highest BCUT2D eigenvalue weighted by Crippen LogP contribution is 2.22. The van der Waals surface area contributed by atoms with E-state index in [1.54, 1.807) is 30.3 Å². The molecule has 4 N–H and O–H groups in total. The first-order valence-corrected chi connectivity index (χ1v) is 6.43. The molecule has 0 fully saturated rings. The summed E-state index contributed by atoms with van der Waals surface area (Å²) in [6.45, 7) is 1.05. The molecule has 6 heteroatoms. The summed E-state index contributed by atoms with van der Waals surface area (Å²) in [5, 5.41) is 9.86. The minimum absolute atomic E-state index is 0.0834. The largest absolute Gasteiger partial charge is 0.399 e. The average Bonchev–Trinajstić information content (AvgIpc) is 2.85. The number of nitrogen functional groups attached to an aromatic ring is 1. The molecule has 2 aromatic rings. The van der Waals surface area contributed by atoms with E-state index < -0.39 is 0 Å². The SMILES string of the molecule is COCCN(CCO)C(=O)c1c[nH]c2ccc(N)cc12. The Bertz CT molecular complexity index is 594. The fourth-order valence-corrected chi connectivity index (χ4v) is 2.12. The lowest BCUT2D eigenvalue weighted by Gasteiger charge is -2.21. The van der Waals surface area contributed by atoms with E-state index in [-0.39, 0.29) is 19.1 Å². The second-order valence-electron chi connectivity index (χ2n) is 4.52. The number of amides is 1. The summed E-state index contributed by atoms with van der Waals surface area (Å²) in [6, 6.07) is 5.39. The van der Waals surface area contributed by atoms with Crippen LogP contribution in [0.25, 0.3) is 10.9 Å². The van der Waals surface area contributed by atoms with E-state index in [0.29, 0.717) is 24.4 Å². The monoisotopic (exact) mass is 277 g/mol. The molecule has 0 spiro atoms. The van der Waals surface area contributed by atoms with Gasteiger partial charge in [-0.15, -0.1) is 0 Å². The zero-order chi connectivity index (χ0) is 14.5. The fraction of sp³-hybridized carbons (Fsp3) is 0.357. The lowest BCUT2D eigenvalue weighted by molar-refractivity contribution is 0.0658. The first kappa shape index (κ1) is 14.4. The number of aromatic amines is 1. The van der Waals surface area contributed by atoms with Crippen LogP contribution in [-0.2, 0) is 4.74 Å². The maximum Gasteiger partial charge on any atom is 0.256 e. The molecule has 0 aliphatic heterocycles. The predicted octanol–water partition coefficient (Wildman–Crippen LogP) is 0.831. The van der Waals surface area contributed by atoms with E-state index in [0.717, 1.165) is 10.9 Å². The smallest absolute Gasteiger partial charge is 0.256 e. The molecular weight excluding hydrogens is 258 g/mol. The topological polar surface area (TPSA) is 91.6 Å². The number of anilines is 1. The Hall–Kier alpha value is -2.05. The molecule has 0 saturated heterocycles. The number of methoxy groups -OCH3 is 1. The van der Waals surface area contributed by atoms with Crippen LogP contribution in [0.5, 0.6) is 0 Å². The number of benzene rings is 1. The molecule has 0 bridgehead atoms. The normalized spacial score (nSPS) is 10.9. The van der Waals surface area contributed by atoms with Gasteiger partial charge in [0, 0.05) is 43.0 Å². The number of fused-ring (bicyclic) bond motifs is 1. The van der Waals surface area contributed by atoms with Crippen LogP contribution in [0.2, 0.25) is 0 Å². The van der Waals surface area contributed by atoms with Crippen LogP contribution in [0.15, 0.2) is 24.4 Å². The van der Waals surface area contributed by atoms with Crippen LogP contribution < -0.4 is 5.73 Å². The fourth-order valence-electron chi connectivity index (χ4n) is 2.12. The van der Waals surface area contributed by atoms with Crippen molar-refractivity contribution in [1.82, 2.24) is 9.88 Å². The number of hydrogen-bond acceptors (Lipinski definition) is 4. The van der Waals surface area contributed by atoms with E-state index in [4.69, 9.17) is 15.6 Å². The highest BCUT2D eigenvalue weighted by atomic mass is 16.5. The minimum atomic E-state index is -0.145. The summed E-state index contributed by atoms with van der Waals surface area (Å²) in [5.74, 6) is -0.145. The van der Waals surface area contributed by atoms with E-state index in [1.165, 1.54) is 0 Å². The molecule has 1 aromatic heterocycles. The second-order valence-corrected chi connectivity index (χ2v) is 4.52. The van der Waals surface area contributed by atoms with Gasteiger partial charge in [0.05, 0.1) is 18.8 Å². The summed E-state index contributed by atoms with van der Waals surface area (Å²) >= 11 is 0. The van der Waals surface area contributed by atoms with Gasteiger partial charge in [-0.25, -0.2) is 0 Å². The Kier molecular flexibility index (Phi) is 4.60. The molecule has 0 aliphatic rings. The number of aliphatic hydroxyl groups excluding tert-OH is 1. The van der Waals surface area contributed by atoms with Crippen molar-refractivity contribution < 1.29 is 14.6 Å². The number of nitrogens with zero attached hydrogens (tertiary/aromatic N) is 1. The number of ether oxygens (including phenoxy) is 1. The molecular formula is C14H19N3O3. The first-order valence-electron chi connectivity index (χ1n) is 6.43. The molecule has 108 valence electrons. The van der Waals surface area contributed by atoms with Gasteiger partial charge >= 0.3 is 0 Å². The molecule has 0 atom stereocenters. The van der Waals surface area contributed by atoms with E-state index in [9.17, 15) is 4.79 Å². The Morgan fingerprint density at radius 1 is 1.45 bits per heavy atom. The van der Waals surface area contributed by atoms with Crippen LogP contribution in [0.3, 0.4) is 0 Å². The number of nitrogens with one attached hydrogen (secondary N) is 1. The van der Waals surface area contributed by atoms with Crippen molar-refractivity contribution >= 4 is 22.5 Å². The maximum atomic E-state index is 12.5. The molecule has 0 saturated carbocycles. The first-order chi connectivity index (χ1) is 9.67. The molecule has 2 rings (SSSR count). The third-order valence-electron chi connectivity index (χ3n) is 3.16. The van der Waals surface area contributed by atoms with Crippen molar-refractivity contribution in [1.29, 1.82) is 0 Å². The Labute approximate surface area is 117 Å². The Morgan fingerprint density at radius 2 is 2.25 bits per heavy atom. The van der Waals surface area contributed by atoms with E-state index >= 15 is 0 Å². The number of hydrogen-bond donors (Lipinski definition) is 3. The number of carbonyl (C=O) groups excluding carboxylic acids is 1. The molecule has 0 unspecified atom stereocenters. The number of nitrogens with two attached hydrogens (primary N) is 1. The van der Waals surface area contributed by atoms with Crippen molar-refractivity contribution in [3.63, 3.8) is 0 Å². The van der Waals surface area contributed by atoms with Crippen LogP contribution in [-0.4, -0.2) is 54.3 Å². The van der Waals surface area contributed by atoms with E-state index in [1.807, 2.05) is 6.07 Å². The molecule has 0 radical (unpaired) electrons. The zero-order valence-electron chi connectivity index (χ0n) is 11.4. The summed E-state index contributed by atoms with van der Waals surface area (Å²) in [5.41, 5.74) is 7.79. The molecule has 1 heterocycles. The van der Waals surface area contributed by atoms with Gasteiger partial charge in [-0.1, -0.05) is 0 Å². The van der Waals surface area contributed by atoms with Gasteiger partial charge < -0.3 is 25.5 Å². The average molecular weight is 277 g/mol. The van der Waals surface area contributed by atoms with Crippen molar-refractivity contribution in [3.8, 4) is 0 Å². The Morgan fingerprint density at radius 3 is 2.95 bits per heavy atom. The van der Waals surface area contributed by atoms with Crippen LogP contribution in [0, 0.1) is 0 Å². The lowest BCUT2D eigenvalue weighted by Crippen LogP contribution is -2.36. The Balaban J connectivity index is 2.30. The van der Waals surface area contributed by atoms with Crippen molar-refractivity contribution in [2.24, 2.45) is 0 Å². The third-order valence-corrected chi connectivity index (χ3v) is 3.16. The van der Waals surface area contributed by atoms with Gasteiger partial charge in [0.2, 0.25) is 0 Å². The number of rotatable bonds is 6. The lowest BCUT2D eigenvalue weighted by atomic mass is 10.1. The van der Waals surface area contributed by atoms with Gasteiger partial charge in [-0.3, -0.25) is 4.79 Å². The van der Waals surface area contributed by atoms with Gasteiger partial charge in [-0.2, -0.15) is 0 Å². The summed E-state index contributed by atoms with van der Waals surface area (Å²) in [7, 11) is 1.58. The number of H-pyrrole nitrogens is 1. The second kappa shape index (κ2) is 6.40. The van der Waals surface area contributed by atoms with Gasteiger partial charge in [0.15, 0.2) is 0 Å².